The molecule has 0 atom stereocenters. The Hall–Kier alpha value is -3.88. The maximum Gasteiger partial charge on any atom is 0.340 e. The maximum absolute atomic E-state index is 13.3. The molecule has 38 heavy (non-hydrogen) atoms. The number of nitrogens with zero attached hydrogens (tertiary/aromatic N) is 3. The van der Waals surface area contributed by atoms with E-state index in [4.69, 9.17) is 25.2 Å². The van der Waals surface area contributed by atoms with Crippen LogP contribution in [0.4, 0.5) is 0 Å². The van der Waals surface area contributed by atoms with E-state index in [2.05, 4.69) is 10.1 Å². The first kappa shape index (κ1) is 28.7. The second-order valence-electron chi connectivity index (χ2n) is 8.14. The van der Waals surface area contributed by atoms with Crippen LogP contribution >= 0.6 is 0 Å². The zero-order valence-electron chi connectivity index (χ0n) is 20.8. The van der Waals surface area contributed by atoms with E-state index in [0.717, 1.165) is 4.31 Å². The molecule has 0 bridgehead atoms. The number of pyridine rings is 1. The minimum Gasteiger partial charge on any atom is -0.493 e. The van der Waals surface area contributed by atoms with Crippen molar-refractivity contribution in [2.75, 3.05) is 20.3 Å². The van der Waals surface area contributed by atoms with Crippen molar-refractivity contribution in [2.45, 2.75) is 29.7 Å². The Morgan fingerprint density at radius 2 is 1.68 bits per heavy atom. The highest BCUT2D eigenvalue weighted by Gasteiger charge is 2.31. The van der Waals surface area contributed by atoms with Crippen molar-refractivity contribution in [2.24, 2.45) is 16.6 Å². The van der Waals surface area contributed by atoms with Gasteiger partial charge in [-0.2, -0.15) is 12.7 Å². The van der Waals surface area contributed by atoms with Gasteiger partial charge in [0, 0.05) is 38.5 Å². The van der Waals surface area contributed by atoms with Crippen LogP contribution in [-0.4, -0.2) is 52.3 Å². The molecular weight excluding hydrogens is 534 g/mol. The van der Waals surface area contributed by atoms with Crippen LogP contribution in [0, 0.1) is 6.92 Å². The predicted octanol–water partition coefficient (Wildman–Crippen LogP) is 1.95. The molecule has 14 heteroatoms. The fraction of sp³-hybridized carbons (Fsp3) is 0.250. The summed E-state index contributed by atoms with van der Waals surface area (Å²) in [6, 6.07) is 13.3. The Labute approximate surface area is 222 Å². The minimum atomic E-state index is -4.54. The van der Waals surface area contributed by atoms with Crippen LogP contribution in [-0.2, 0) is 31.5 Å². The summed E-state index contributed by atoms with van der Waals surface area (Å²) in [5, 5.41) is 3.40. The third-order valence-electron chi connectivity index (χ3n) is 4.98. The number of ether oxygens (including phenoxy) is 1. The quantitative estimate of drug-likeness (QED) is 0.103. The van der Waals surface area contributed by atoms with Gasteiger partial charge in [-0.25, -0.2) is 8.42 Å². The van der Waals surface area contributed by atoms with Gasteiger partial charge < -0.3 is 25.2 Å². The number of hydrogen-bond acceptors (Lipinski definition) is 9. The zero-order chi connectivity index (χ0) is 27.8. The molecule has 0 fully saturated rings. The normalized spacial score (nSPS) is 11.7. The van der Waals surface area contributed by atoms with Crippen LogP contribution < -0.4 is 20.4 Å². The van der Waals surface area contributed by atoms with Crippen molar-refractivity contribution in [3.63, 3.8) is 0 Å². The summed E-state index contributed by atoms with van der Waals surface area (Å²) < 4.78 is 65.2. The van der Waals surface area contributed by atoms with Crippen LogP contribution in [0.2, 0.25) is 0 Å². The lowest BCUT2D eigenvalue weighted by atomic mass is 10.2. The molecule has 12 nitrogen and oxygen atoms in total. The van der Waals surface area contributed by atoms with Gasteiger partial charge in [0.2, 0.25) is 16.0 Å². The molecular formula is C24H29N5O7S2. The van der Waals surface area contributed by atoms with Crippen molar-refractivity contribution in [3.8, 4) is 11.5 Å². The number of aryl methyl sites for hydroxylation is 1. The summed E-state index contributed by atoms with van der Waals surface area (Å²) in [7, 11) is -7.38. The number of aromatic nitrogens is 1. The molecule has 2 aromatic carbocycles. The molecule has 0 spiro atoms. The number of benzene rings is 2. The molecule has 0 aliphatic rings. The molecule has 0 saturated heterocycles. The molecule has 0 saturated carbocycles. The zero-order valence-corrected chi connectivity index (χ0v) is 22.5. The fourth-order valence-corrected chi connectivity index (χ4v) is 6.17. The van der Waals surface area contributed by atoms with Gasteiger partial charge >= 0.3 is 10.1 Å². The van der Waals surface area contributed by atoms with E-state index in [1.54, 1.807) is 31.3 Å². The molecule has 204 valence electrons. The van der Waals surface area contributed by atoms with Crippen LogP contribution in [0.5, 0.6) is 11.5 Å². The number of guanidine groups is 1. The Morgan fingerprint density at radius 3 is 2.37 bits per heavy atom. The van der Waals surface area contributed by atoms with Gasteiger partial charge in [0.1, 0.15) is 27.9 Å². The molecule has 3 aromatic rings. The Balaban J connectivity index is 1.78. The number of hydrogen-bond donors (Lipinski definition) is 2. The molecule has 0 aliphatic heterocycles. The molecule has 4 N–H and O–H groups in total. The van der Waals surface area contributed by atoms with Crippen molar-refractivity contribution >= 4 is 26.1 Å². The van der Waals surface area contributed by atoms with Crippen LogP contribution in [0.3, 0.4) is 0 Å². The Kier molecular flexibility index (Phi) is 9.50. The van der Waals surface area contributed by atoms with Crippen LogP contribution in [0.15, 0.2) is 81.9 Å². The van der Waals surface area contributed by atoms with Gasteiger partial charge in [-0.15, -0.1) is 0 Å². The number of rotatable bonds is 13. The summed E-state index contributed by atoms with van der Waals surface area (Å²) >= 11 is 0. The Bertz CT molecular complexity index is 1480. The average Bonchev–Trinajstić information content (AvgIpc) is 2.86. The predicted molar refractivity (Wildman–Crippen MR) is 140 cm³/mol. The topological polar surface area (TPSA) is 176 Å². The summed E-state index contributed by atoms with van der Waals surface area (Å²) in [5.74, 6) is 0.129. The van der Waals surface area contributed by atoms with Gasteiger partial charge in [0.15, 0.2) is 0 Å². The molecule has 1 heterocycles. The van der Waals surface area contributed by atoms with Crippen molar-refractivity contribution in [1.29, 1.82) is 0 Å². The highest BCUT2D eigenvalue weighted by Crippen LogP contribution is 2.29. The van der Waals surface area contributed by atoms with E-state index >= 15 is 0 Å². The lowest BCUT2D eigenvalue weighted by Crippen LogP contribution is -2.28. The van der Waals surface area contributed by atoms with Gasteiger partial charge in [0.25, 0.3) is 0 Å². The minimum absolute atomic E-state index is 0.000980. The Morgan fingerprint density at radius 1 is 0.974 bits per heavy atom. The van der Waals surface area contributed by atoms with Gasteiger partial charge in [-0.3, -0.25) is 4.98 Å². The average molecular weight is 564 g/mol. The van der Waals surface area contributed by atoms with E-state index in [1.807, 2.05) is 0 Å². The summed E-state index contributed by atoms with van der Waals surface area (Å²) in [6.07, 6.45) is 3.56. The summed E-state index contributed by atoms with van der Waals surface area (Å²) in [4.78, 5) is 7.97. The monoisotopic (exact) mass is 563 g/mol. The standard InChI is InChI=1S/C24H29N5O7S2/c1-18-13-20(34-11-6-12-35-28-24(25)26)15-21(14-18)36-38(32,33)23-9-4-3-8-22(23)37(30,31)29(2)17-19-7-5-10-27-16-19/h3-5,7-10,13-16H,6,11-12,17H2,1-2H3,(H4,25,26,28). The first-order chi connectivity index (χ1) is 18.0. The number of sulfonamides is 1. The second-order valence-corrected chi connectivity index (χ2v) is 11.7. The van der Waals surface area contributed by atoms with Crippen molar-refractivity contribution in [3.05, 3.63) is 78.1 Å². The largest absolute Gasteiger partial charge is 0.493 e. The fourth-order valence-electron chi connectivity index (χ4n) is 3.32. The van der Waals surface area contributed by atoms with Gasteiger partial charge in [-0.05, 0) is 53.5 Å². The molecule has 0 aliphatic carbocycles. The van der Waals surface area contributed by atoms with E-state index in [0.29, 0.717) is 23.3 Å². The van der Waals surface area contributed by atoms with E-state index < -0.39 is 29.9 Å². The molecule has 0 unspecified atom stereocenters. The smallest absolute Gasteiger partial charge is 0.340 e. The summed E-state index contributed by atoms with van der Waals surface area (Å²) in [6.45, 7) is 2.18. The highest BCUT2D eigenvalue weighted by atomic mass is 32.2. The molecule has 0 amide bonds. The van der Waals surface area contributed by atoms with E-state index in [1.165, 1.54) is 49.6 Å². The molecule has 1 aromatic heterocycles. The lowest BCUT2D eigenvalue weighted by Gasteiger charge is -2.19. The number of oxime groups is 1. The first-order valence-corrected chi connectivity index (χ1v) is 14.2. The lowest BCUT2D eigenvalue weighted by molar-refractivity contribution is 0.127. The van der Waals surface area contributed by atoms with E-state index in [9.17, 15) is 16.8 Å². The van der Waals surface area contributed by atoms with Gasteiger partial charge in [0.05, 0.1) is 6.61 Å². The third-order valence-corrected chi connectivity index (χ3v) is 8.28. The van der Waals surface area contributed by atoms with Gasteiger partial charge in [-0.1, -0.05) is 18.2 Å². The maximum atomic E-state index is 13.3. The summed E-state index contributed by atoms with van der Waals surface area (Å²) in [5.41, 5.74) is 11.7. The third kappa shape index (κ3) is 7.81. The number of nitrogens with two attached hydrogens (primary N) is 2. The van der Waals surface area contributed by atoms with Crippen LogP contribution in [0.25, 0.3) is 0 Å². The van der Waals surface area contributed by atoms with Crippen molar-refractivity contribution in [1.82, 2.24) is 9.29 Å². The second kappa shape index (κ2) is 12.6. The highest BCUT2D eigenvalue weighted by molar-refractivity contribution is 7.91. The first-order valence-electron chi connectivity index (χ1n) is 11.3. The van der Waals surface area contributed by atoms with Crippen molar-refractivity contribution < 1.29 is 30.6 Å². The van der Waals surface area contributed by atoms with E-state index in [-0.39, 0.29) is 31.5 Å². The SMILES string of the molecule is Cc1cc(OCCCON=C(N)N)cc(OS(=O)(=O)c2ccccc2S(=O)(=O)N(C)Cc2cccnc2)c1. The van der Waals surface area contributed by atoms with Crippen LogP contribution in [0.1, 0.15) is 17.5 Å². The molecule has 0 radical (unpaired) electrons. The molecule has 3 rings (SSSR count).